The summed E-state index contributed by atoms with van der Waals surface area (Å²) in [5.41, 5.74) is 19.8. The van der Waals surface area contributed by atoms with E-state index in [4.69, 9.17) is 0 Å². The molecule has 0 bridgehead atoms. The molecule has 12 aromatic carbocycles. The summed E-state index contributed by atoms with van der Waals surface area (Å²) >= 11 is 0. The minimum absolute atomic E-state index is 0.906. The van der Waals surface area contributed by atoms with Crippen molar-refractivity contribution in [3.63, 3.8) is 0 Å². The van der Waals surface area contributed by atoms with Crippen LogP contribution in [-0.2, 0) is 12.8 Å². The van der Waals surface area contributed by atoms with Crippen LogP contribution in [0.5, 0.6) is 0 Å². The lowest BCUT2D eigenvalue weighted by Gasteiger charge is -2.34. The molecule has 0 aromatic heterocycles. The zero-order valence-corrected chi connectivity index (χ0v) is 37.4. The molecular formula is C66H44N2. The standard InChI is InChI=1S/C66H44N2/c1-2-17-44(18-3-1)57-39-45-20-4-5-21-46(45)40-58(57)66-56-36-34-51(67-61-29-12-7-22-47(61)37-48-23-8-13-30-62(48)67)41-59(56)65(54-28-16-26-43-19-6-11-27-53(43)54)55-35-33-52(42-60(55)66)68-63-31-14-9-24-49(63)38-50-25-10-15-32-64(50)68/h1-36,39-42H,37-38H2. The molecule has 0 saturated carbocycles. The van der Waals surface area contributed by atoms with Crippen molar-refractivity contribution < 1.29 is 0 Å². The molecule has 2 heterocycles. The summed E-state index contributed by atoms with van der Waals surface area (Å²) < 4.78 is 0. The van der Waals surface area contributed by atoms with Gasteiger partial charge in [-0.3, -0.25) is 0 Å². The number of benzene rings is 12. The Morgan fingerprint density at radius 1 is 0.250 bits per heavy atom. The summed E-state index contributed by atoms with van der Waals surface area (Å²) in [5.74, 6) is 0. The third kappa shape index (κ3) is 6.04. The molecule has 0 amide bonds. The predicted octanol–water partition coefficient (Wildman–Crippen LogP) is 18.0. The highest BCUT2D eigenvalue weighted by atomic mass is 15.2. The summed E-state index contributed by atoms with van der Waals surface area (Å²) in [6.07, 6.45) is 1.81. The van der Waals surface area contributed by atoms with Crippen LogP contribution < -0.4 is 9.80 Å². The third-order valence-corrected chi connectivity index (χ3v) is 14.6. The normalized spacial score (nSPS) is 12.8. The van der Waals surface area contributed by atoms with Crippen LogP contribution in [-0.4, -0.2) is 0 Å². The number of hydrogen-bond acceptors (Lipinski definition) is 2. The second-order valence-electron chi connectivity index (χ2n) is 18.4. The van der Waals surface area contributed by atoms with Crippen LogP contribution in [0.3, 0.4) is 0 Å². The molecule has 0 spiro atoms. The first-order chi connectivity index (χ1) is 33.7. The number of anilines is 6. The molecule has 0 radical (unpaired) electrons. The van der Waals surface area contributed by atoms with Gasteiger partial charge < -0.3 is 9.80 Å². The fraction of sp³-hybridized carbons (Fsp3) is 0.0303. The van der Waals surface area contributed by atoms with Crippen molar-refractivity contribution in [1.29, 1.82) is 0 Å². The molecule has 0 unspecified atom stereocenters. The molecule has 2 nitrogen and oxygen atoms in total. The highest BCUT2D eigenvalue weighted by molar-refractivity contribution is 6.26. The van der Waals surface area contributed by atoms with Gasteiger partial charge in [-0.15, -0.1) is 0 Å². The minimum atomic E-state index is 0.906. The van der Waals surface area contributed by atoms with Crippen LogP contribution in [0.25, 0.3) is 76.5 Å². The van der Waals surface area contributed by atoms with Crippen molar-refractivity contribution in [1.82, 2.24) is 0 Å². The van der Waals surface area contributed by atoms with E-state index >= 15 is 0 Å². The monoisotopic (exact) mass is 864 g/mol. The van der Waals surface area contributed by atoms with Gasteiger partial charge in [-0.25, -0.2) is 0 Å². The van der Waals surface area contributed by atoms with Crippen LogP contribution in [0.1, 0.15) is 22.3 Å². The first-order valence-electron chi connectivity index (χ1n) is 23.8. The van der Waals surface area contributed by atoms with Crippen molar-refractivity contribution in [2.75, 3.05) is 9.80 Å². The van der Waals surface area contributed by atoms with E-state index in [0.717, 1.165) is 24.2 Å². The van der Waals surface area contributed by atoms with E-state index in [-0.39, 0.29) is 0 Å². The van der Waals surface area contributed by atoms with Crippen LogP contribution in [0.4, 0.5) is 34.1 Å². The maximum absolute atomic E-state index is 2.49. The second kappa shape index (κ2) is 15.4. The largest absolute Gasteiger partial charge is 0.310 e. The van der Waals surface area contributed by atoms with Gasteiger partial charge in [-0.05, 0) is 159 Å². The zero-order valence-electron chi connectivity index (χ0n) is 37.4. The van der Waals surface area contributed by atoms with E-state index in [0.29, 0.717) is 0 Å². The summed E-state index contributed by atoms with van der Waals surface area (Å²) in [6.45, 7) is 0. The van der Waals surface area contributed by atoms with E-state index in [1.807, 2.05) is 0 Å². The molecule has 14 rings (SSSR count). The lowest BCUT2D eigenvalue weighted by atomic mass is 9.81. The van der Waals surface area contributed by atoms with E-state index in [9.17, 15) is 0 Å². The smallest absolute Gasteiger partial charge is 0.0497 e. The Kier molecular flexibility index (Phi) is 8.75. The Bertz CT molecular complexity index is 3900. The van der Waals surface area contributed by atoms with E-state index < -0.39 is 0 Å². The average molecular weight is 865 g/mol. The van der Waals surface area contributed by atoms with Gasteiger partial charge in [0.15, 0.2) is 0 Å². The average Bonchev–Trinajstić information content (AvgIpc) is 3.40. The van der Waals surface area contributed by atoms with Gasteiger partial charge >= 0.3 is 0 Å². The summed E-state index contributed by atoms with van der Waals surface area (Å²) in [7, 11) is 0. The van der Waals surface area contributed by atoms with Crippen molar-refractivity contribution >= 4 is 77.2 Å². The Morgan fingerprint density at radius 2 is 0.662 bits per heavy atom. The molecule has 2 heteroatoms. The van der Waals surface area contributed by atoms with Gasteiger partial charge in [0.2, 0.25) is 0 Å². The van der Waals surface area contributed by atoms with Crippen LogP contribution in [0, 0.1) is 0 Å². The Hall–Kier alpha value is -8.72. The highest BCUT2D eigenvalue weighted by Crippen LogP contribution is 2.53. The number of hydrogen-bond donors (Lipinski definition) is 0. The Labute approximate surface area is 396 Å². The van der Waals surface area contributed by atoms with Crippen LogP contribution in [0.2, 0.25) is 0 Å². The van der Waals surface area contributed by atoms with E-state index in [1.165, 1.54) is 121 Å². The maximum Gasteiger partial charge on any atom is 0.0497 e. The van der Waals surface area contributed by atoms with E-state index in [2.05, 4.69) is 252 Å². The lowest BCUT2D eigenvalue weighted by Crippen LogP contribution is -2.18. The van der Waals surface area contributed by atoms with Gasteiger partial charge in [-0.1, -0.05) is 182 Å². The Morgan fingerprint density at radius 3 is 1.19 bits per heavy atom. The topological polar surface area (TPSA) is 6.48 Å². The molecule has 0 N–H and O–H groups in total. The maximum atomic E-state index is 2.49. The number of fused-ring (bicyclic) bond motifs is 8. The van der Waals surface area contributed by atoms with Crippen molar-refractivity contribution in [2.24, 2.45) is 0 Å². The van der Waals surface area contributed by atoms with Crippen molar-refractivity contribution in [3.8, 4) is 33.4 Å². The van der Waals surface area contributed by atoms with Gasteiger partial charge in [-0.2, -0.15) is 0 Å². The second-order valence-corrected chi connectivity index (χ2v) is 18.4. The first kappa shape index (κ1) is 38.5. The molecule has 318 valence electrons. The van der Waals surface area contributed by atoms with Gasteiger partial charge in [0.25, 0.3) is 0 Å². The number of para-hydroxylation sites is 4. The van der Waals surface area contributed by atoms with Gasteiger partial charge in [0.1, 0.15) is 0 Å². The van der Waals surface area contributed by atoms with E-state index in [1.54, 1.807) is 0 Å². The quantitative estimate of drug-likeness (QED) is 0.159. The van der Waals surface area contributed by atoms with Gasteiger partial charge in [0.05, 0.1) is 0 Å². The zero-order chi connectivity index (χ0) is 44.7. The summed E-state index contributed by atoms with van der Waals surface area (Å²) in [5, 5.41) is 9.77. The molecule has 12 aromatic rings. The molecule has 2 aliphatic heterocycles. The summed E-state index contributed by atoms with van der Waals surface area (Å²) in [4.78, 5) is 4.98. The van der Waals surface area contributed by atoms with Crippen molar-refractivity contribution in [3.05, 3.63) is 265 Å². The highest BCUT2D eigenvalue weighted by Gasteiger charge is 2.28. The third-order valence-electron chi connectivity index (χ3n) is 14.6. The predicted molar refractivity (Wildman–Crippen MR) is 288 cm³/mol. The molecule has 0 atom stereocenters. The molecule has 0 aliphatic carbocycles. The van der Waals surface area contributed by atoms with Crippen LogP contribution in [0.15, 0.2) is 243 Å². The summed E-state index contributed by atoms with van der Waals surface area (Å²) in [6, 6.07) is 90.6. The number of rotatable bonds is 5. The Balaban J connectivity index is 1.15. The van der Waals surface area contributed by atoms with Crippen molar-refractivity contribution in [2.45, 2.75) is 12.8 Å². The molecule has 0 fully saturated rings. The SMILES string of the molecule is c1ccc(-c2cc3ccccc3cc2-c2c3cc(N4c5ccccc5Cc5ccccc54)ccc3c(-c3cccc4ccccc34)c3cc(N4c5ccccc5Cc5ccccc54)ccc23)cc1. The fourth-order valence-electron chi connectivity index (χ4n) is 11.6. The van der Waals surface area contributed by atoms with Crippen LogP contribution >= 0.6 is 0 Å². The number of nitrogens with zero attached hydrogens (tertiary/aromatic N) is 2. The fourth-order valence-corrected chi connectivity index (χ4v) is 11.6. The molecule has 2 aliphatic rings. The molecular weight excluding hydrogens is 821 g/mol. The minimum Gasteiger partial charge on any atom is -0.310 e. The molecule has 0 saturated heterocycles. The first-order valence-corrected chi connectivity index (χ1v) is 23.8. The lowest BCUT2D eigenvalue weighted by molar-refractivity contribution is 1.09. The van der Waals surface area contributed by atoms with Gasteiger partial charge in [0, 0.05) is 47.0 Å². The molecule has 68 heavy (non-hydrogen) atoms.